The first-order valence-electron chi connectivity index (χ1n) is 7.43. The molecule has 0 saturated heterocycles. The fraction of sp³-hybridized carbons (Fsp3) is 0.312. The normalized spacial score (nSPS) is 28.3. The summed E-state index contributed by atoms with van der Waals surface area (Å²) in [6.45, 7) is 1.59. The second-order valence-electron chi connectivity index (χ2n) is 5.91. The summed E-state index contributed by atoms with van der Waals surface area (Å²) in [5.41, 5.74) is -0.449. The molecular weight excluding hydrogens is 332 g/mol. The zero-order valence-electron chi connectivity index (χ0n) is 13.0. The molecule has 4 unspecified atom stereocenters. The zero-order valence-corrected chi connectivity index (χ0v) is 13.0. The minimum atomic E-state index is -1.61. The van der Waals surface area contributed by atoms with Crippen molar-refractivity contribution < 1.29 is 24.9 Å². The van der Waals surface area contributed by atoms with E-state index in [-0.39, 0.29) is 28.5 Å². The number of phenolic OH excluding ortho intramolecular Hbond substituents is 2. The first-order valence-corrected chi connectivity index (χ1v) is 7.43. The number of hydrogen-bond donors (Lipinski definition) is 3. The lowest BCUT2D eigenvalue weighted by molar-refractivity contribution is -0.00141. The van der Waals surface area contributed by atoms with Crippen molar-refractivity contribution in [3.8, 4) is 17.2 Å². The van der Waals surface area contributed by atoms with Gasteiger partial charge in [-0.15, -0.1) is 9.81 Å². The van der Waals surface area contributed by atoms with E-state index < -0.39 is 35.6 Å². The van der Waals surface area contributed by atoms with Gasteiger partial charge in [-0.25, -0.2) is 0 Å². The maximum atomic E-state index is 12.4. The van der Waals surface area contributed by atoms with E-state index in [0.717, 1.165) is 12.1 Å². The Balaban J connectivity index is 2.01. The van der Waals surface area contributed by atoms with Crippen molar-refractivity contribution >= 4 is 5.78 Å². The third-order valence-electron chi connectivity index (χ3n) is 4.48. The summed E-state index contributed by atoms with van der Waals surface area (Å²) in [7, 11) is 0. The largest absolute Gasteiger partial charge is 0.508 e. The number of carbonyl (C=O) groups excluding carboxylic acids is 1. The minimum absolute atomic E-state index is 0.0812. The highest BCUT2D eigenvalue weighted by Gasteiger charge is 2.45. The molecule has 9 heteroatoms. The molecule has 4 atom stereocenters. The molecule has 1 aliphatic heterocycles. The Morgan fingerprint density at radius 3 is 2.52 bits per heavy atom. The Morgan fingerprint density at radius 1 is 1.16 bits per heavy atom. The number of Topliss-reactive ketones (excluding diaryl/α,β-unsaturated/α-hetero) is 1. The van der Waals surface area contributed by atoms with Crippen LogP contribution in [0.3, 0.4) is 0 Å². The molecule has 130 valence electrons. The van der Waals surface area contributed by atoms with Gasteiger partial charge in [0, 0.05) is 24.0 Å². The zero-order chi connectivity index (χ0) is 18.3. The molecule has 0 aromatic heterocycles. The molecule has 0 amide bonds. The number of rotatable bonds is 3. The van der Waals surface area contributed by atoms with Gasteiger partial charge in [-0.2, -0.15) is 0 Å². The van der Waals surface area contributed by atoms with Crippen molar-refractivity contribution in [2.75, 3.05) is 0 Å². The van der Waals surface area contributed by atoms with E-state index in [9.17, 15) is 29.9 Å². The maximum absolute atomic E-state index is 12.4. The van der Waals surface area contributed by atoms with Gasteiger partial charge in [0.05, 0.1) is 0 Å². The van der Waals surface area contributed by atoms with Gasteiger partial charge in [0.25, 0.3) is 0 Å². The summed E-state index contributed by atoms with van der Waals surface area (Å²) in [6.07, 6.45) is 0.0751. The number of fused-ring (bicyclic) bond motifs is 1. The molecule has 25 heavy (non-hydrogen) atoms. The van der Waals surface area contributed by atoms with Crippen LogP contribution in [0.5, 0.6) is 17.2 Å². The molecule has 0 spiro atoms. The Kier molecular flexibility index (Phi) is 4.09. The van der Waals surface area contributed by atoms with Gasteiger partial charge >= 0.3 is 0 Å². The summed E-state index contributed by atoms with van der Waals surface area (Å²) in [5.74, 6) is -2.97. The van der Waals surface area contributed by atoms with Gasteiger partial charge in [0.2, 0.25) is 5.78 Å². The molecule has 3 rings (SSSR count). The number of ether oxygens (including phenoxy) is 1. The standard InChI is InChI=1S/C16H14N2O7/c1-6-8(2-3-9(17-23)13(6)18-24)16-15(22)14(21)12-10(20)4-7(19)5-11(12)25-16/h2-6,8,15-16,19-20,22H,1H3. The van der Waals surface area contributed by atoms with Crippen LogP contribution in [0.15, 0.2) is 46.0 Å². The molecule has 1 aliphatic carbocycles. The highest BCUT2D eigenvalue weighted by molar-refractivity contribution is 6.05. The average Bonchev–Trinajstić information content (AvgIpc) is 2.57. The number of benzene rings is 1. The molecule has 2 aliphatic rings. The van der Waals surface area contributed by atoms with Crippen LogP contribution in [-0.2, 0) is 0 Å². The van der Waals surface area contributed by atoms with Crippen molar-refractivity contribution in [3.05, 3.63) is 51.1 Å². The van der Waals surface area contributed by atoms with Crippen LogP contribution in [0.25, 0.3) is 0 Å². The molecule has 1 heterocycles. The first-order chi connectivity index (χ1) is 11.9. The number of phenols is 2. The Bertz CT molecular complexity index is 830. The van der Waals surface area contributed by atoms with Crippen molar-refractivity contribution in [1.82, 2.24) is 0 Å². The first kappa shape index (κ1) is 16.8. The van der Waals surface area contributed by atoms with Crippen LogP contribution in [0.1, 0.15) is 17.3 Å². The SMILES string of the molecule is CC1C(N=O)=C(N=O)C=CC1C1Oc2cc(O)cc(O)c2C(=O)C1O. The lowest BCUT2D eigenvalue weighted by atomic mass is 9.78. The van der Waals surface area contributed by atoms with E-state index in [2.05, 4.69) is 10.4 Å². The predicted molar refractivity (Wildman–Crippen MR) is 84.9 cm³/mol. The number of aromatic hydroxyl groups is 2. The fourth-order valence-electron chi connectivity index (χ4n) is 3.20. The molecule has 1 aromatic carbocycles. The van der Waals surface area contributed by atoms with Crippen molar-refractivity contribution in [1.29, 1.82) is 0 Å². The topological polar surface area (TPSA) is 146 Å². The number of ketones is 1. The third kappa shape index (κ3) is 2.58. The molecule has 0 radical (unpaired) electrons. The van der Waals surface area contributed by atoms with Gasteiger partial charge < -0.3 is 20.1 Å². The molecule has 0 fully saturated rings. The molecule has 9 nitrogen and oxygen atoms in total. The van der Waals surface area contributed by atoms with E-state index in [1.807, 2.05) is 0 Å². The molecule has 1 aromatic rings. The van der Waals surface area contributed by atoms with Gasteiger partial charge in [0.15, 0.2) is 6.10 Å². The predicted octanol–water partition coefficient (Wildman–Crippen LogP) is 1.97. The van der Waals surface area contributed by atoms with Crippen LogP contribution < -0.4 is 4.74 Å². The highest BCUT2D eigenvalue weighted by Crippen LogP contribution is 2.42. The van der Waals surface area contributed by atoms with Crippen molar-refractivity contribution in [2.24, 2.45) is 22.2 Å². The number of aliphatic hydroxyl groups is 1. The summed E-state index contributed by atoms with van der Waals surface area (Å²) in [6, 6.07) is 2.12. The Hall–Kier alpha value is -3.07. The van der Waals surface area contributed by atoms with E-state index >= 15 is 0 Å². The van der Waals surface area contributed by atoms with E-state index in [1.165, 1.54) is 12.2 Å². The van der Waals surface area contributed by atoms with E-state index in [4.69, 9.17) is 4.74 Å². The average molecular weight is 346 g/mol. The third-order valence-corrected chi connectivity index (χ3v) is 4.48. The Morgan fingerprint density at radius 2 is 1.88 bits per heavy atom. The van der Waals surface area contributed by atoms with Gasteiger partial charge in [-0.1, -0.05) is 13.0 Å². The van der Waals surface area contributed by atoms with Gasteiger partial charge in [0.1, 0.15) is 40.3 Å². The number of carbonyl (C=O) groups is 1. The summed E-state index contributed by atoms with van der Waals surface area (Å²) < 4.78 is 5.63. The van der Waals surface area contributed by atoms with E-state index in [0.29, 0.717) is 0 Å². The summed E-state index contributed by atoms with van der Waals surface area (Å²) >= 11 is 0. The molecular formula is C16H14N2O7. The lowest BCUT2D eigenvalue weighted by Crippen LogP contribution is -2.48. The van der Waals surface area contributed by atoms with Crippen LogP contribution in [0.4, 0.5) is 0 Å². The number of allylic oxidation sites excluding steroid dienone is 2. The quantitative estimate of drug-likeness (QED) is 0.709. The second kappa shape index (κ2) is 6.10. The number of aliphatic hydroxyl groups excluding tert-OH is 1. The minimum Gasteiger partial charge on any atom is -0.508 e. The van der Waals surface area contributed by atoms with Crippen LogP contribution in [0, 0.1) is 21.6 Å². The molecule has 3 N–H and O–H groups in total. The Labute approximate surface area is 141 Å². The second-order valence-corrected chi connectivity index (χ2v) is 5.91. The number of hydrogen-bond acceptors (Lipinski definition) is 9. The van der Waals surface area contributed by atoms with Gasteiger partial charge in [-0.3, -0.25) is 4.79 Å². The van der Waals surface area contributed by atoms with Crippen LogP contribution in [-0.4, -0.2) is 33.3 Å². The van der Waals surface area contributed by atoms with Gasteiger partial charge in [-0.05, 0) is 16.4 Å². The lowest BCUT2D eigenvalue weighted by Gasteiger charge is -2.37. The smallest absolute Gasteiger partial charge is 0.202 e. The summed E-state index contributed by atoms with van der Waals surface area (Å²) in [4.78, 5) is 34.2. The van der Waals surface area contributed by atoms with Crippen molar-refractivity contribution in [3.63, 3.8) is 0 Å². The number of nitroso groups, excluding NO2 is 2. The van der Waals surface area contributed by atoms with Crippen LogP contribution in [0.2, 0.25) is 0 Å². The van der Waals surface area contributed by atoms with Crippen molar-refractivity contribution in [2.45, 2.75) is 19.1 Å². The van der Waals surface area contributed by atoms with E-state index in [1.54, 1.807) is 6.92 Å². The fourth-order valence-corrected chi connectivity index (χ4v) is 3.20. The molecule has 0 bridgehead atoms. The maximum Gasteiger partial charge on any atom is 0.202 e. The summed E-state index contributed by atoms with van der Waals surface area (Å²) in [5, 5.41) is 35.3. The number of nitrogens with zero attached hydrogens (tertiary/aromatic N) is 2. The molecule has 0 saturated carbocycles. The van der Waals surface area contributed by atoms with Crippen LogP contribution >= 0.6 is 0 Å². The highest BCUT2D eigenvalue weighted by atomic mass is 16.5. The monoisotopic (exact) mass is 346 g/mol.